The first-order valence-electron chi connectivity index (χ1n) is 9.63. The lowest BCUT2D eigenvalue weighted by atomic mass is 10.1. The van der Waals surface area contributed by atoms with Crippen LogP contribution in [0, 0.1) is 0 Å². The second-order valence-corrected chi connectivity index (χ2v) is 9.89. The van der Waals surface area contributed by atoms with Gasteiger partial charge in [-0.1, -0.05) is 12.1 Å². The van der Waals surface area contributed by atoms with Gasteiger partial charge in [0, 0.05) is 12.7 Å². The highest BCUT2D eigenvalue weighted by molar-refractivity contribution is 7.94. The van der Waals surface area contributed by atoms with Crippen molar-refractivity contribution in [3.05, 3.63) is 59.5 Å². The number of rotatable bonds is 6. The Labute approximate surface area is 191 Å². The molecule has 0 spiro atoms. The SMILES string of the molecule is O=C1COc2ccc(CNC(=O)c3ncnc4c(NS(=O)(=O)c5cccs5)c[nH]c34)cc2N1. The van der Waals surface area contributed by atoms with Crippen molar-refractivity contribution in [1.82, 2.24) is 20.3 Å². The fourth-order valence-electron chi connectivity index (χ4n) is 3.31. The largest absolute Gasteiger partial charge is 0.482 e. The van der Waals surface area contributed by atoms with Gasteiger partial charge in [-0.05, 0) is 29.1 Å². The van der Waals surface area contributed by atoms with Gasteiger partial charge in [0.1, 0.15) is 21.8 Å². The molecule has 33 heavy (non-hydrogen) atoms. The first-order chi connectivity index (χ1) is 15.9. The zero-order valence-corrected chi connectivity index (χ0v) is 18.4. The predicted molar refractivity (Wildman–Crippen MR) is 121 cm³/mol. The van der Waals surface area contributed by atoms with Gasteiger partial charge in [-0.15, -0.1) is 11.3 Å². The standard InChI is InChI=1S/C20H16N6O5S2/c27-15-9-31-14-4-3-11(6-12(14)25-15)7-22-20(28)19-18-17(23-10-24-19)13(8-21-18)26-33(29,30)16-2-1-5-32-16/h1-6,8,10,21,26H,7,9H2,(H,22,28)(H,25,27). The third-order valence-corrected chi connectivity index (χ3v) is 7.58. The monoisotopic (exact) mass is 484 g/mol. The van der Waals surface area contributed by atoms with Gasteiger partial charge >= 0.3 is 0 Å². The van der Waals surface area contributed by atoms with Gasteiger partial charge in [0.05, 0.1) is 16.9 Å². The number of anilines is 2. The molecule has 0 fully saturated rings. The van der Waals surface area contributed by atoms with Crippen LogP contribution in [0.25, 0.3) is 11.0 Å². The van der Waals surface area contributed by atoms with Crippen LogP contribution in [0.5, 0.6) is 5.75 Å². The normalized spacial score (nSPS) is 13.2. The highest BCUT2D eigenvalue weighted by Crippen LogP contribution is 2.29. The molecule has 4 aromatic rings. The first kappa shape index (κ1) is 20.9. The third-order valence-electron chi connectivity index (χ3n) is 4.81. The molecule has 0 saturated heterocycles. The van der Waals surface area contributed by atoms with Crippen molar-refractivity contribution >= 4 is 55.6 Å². The maximum Gasteiger partial charge on any atom is 0.272 e. The van der Waals surface area contributed by atoms with Crippen molar-refractivity contribution in [3.8, 4) is 5.75 Å². The molecule has 4 heterocycles. The Hall–Kier alpha value is -3.97. The van der Waals surface area contributed by atoms with Crippen LogP contribution >= 0.6 is 11.3 Å². The van der Waals surface area contributed by atoms with Crippen molar-refractivity contribution < 1.29 is 22.7 Å². The molecule has 0 saturated carbocycles. The molecule has 0 unspecified atom stereocenters. The Morgan fingerprint density at radius 3 is 2.94 bits per heavy atom. The van der Waals surface area contributed by atoms with Crippen molar-refractivity contribution in [2.24, 2.45) is 0 Å². The minimum atomic E-state index is -3.77. The van der Waals surface area contributed by atoms with Crippen molar-refractivity contribution in [2.45, 2.75) is 10.8 Å². The maximum atomic E-state index is 12.8. The third kappa shape index (κ3) is 4.10. The summed E-state index contributed by atoms with van der Waals surface area (Å²) < 4.78 is 33.0. The number of benzene rings is 1. The number of hydrogen-bond donors (Lipinski definition) is 4. The number of nitrogens with one attached hydrogen (secondary N) is 4. The first-order valence-corrected chi connectivity index (χ1v) is 12.0. The van der Waals surface area contributed by atoms with Gasteiger partial charge in [0.25, 0.3) is 21.8 Å². The molecule has 0 atom stereocenters. The maximum absolute atomic E-state index is 12.8. The number of fused-ring (bicyclic) bond motifs is 2. The van der Waals surface area contributed by atoms with Gasteiger partial charge in [0.2, 0.25) is 0 Å². The molecule has 0 radical (unpaired) electrons. The Balaban J connectivity index is 1.34. The molecule has 1 aliphatic heterocycles. The number of aromatic nitrogens is 3. The Morgan fingerprint density at radius 1 is 1.24 bits per heavy atom. The molecule has 4 N–H and O–H groups in total. The van der Waals surface area contributed by atoms with Gasteiger partial charge < -0.3 is 20.4 Å². The molecule has 1 aliphatic rings. The number of hydrogen-bond acceptors (Lipinski definition) is 8. The van der Waals surface area contributed by atoms with E-state index in [1.807, 2.05) is 0 Å². The van der Waals surface area contributed by atoms with E-state index >= 15 is 0 Å². The smallest absolute Gasteiger partial charge is 0.272 e. The van der Waals surface area contributed by atoms with Crippen LogP contribution in [0.3, 0.4) is 0 Å². The molecule has 168 valence electrons. The molecule has 3 aromatic heterocycles. The van der Waals surface area contributed by atoms with Crippen molar-refractivity contribution in [2.75, 3.05) is 16.6 Å². The van der Waals surface area contributed by atoms with Crippen molar-refractivity contribution in [1.29, 1.82) is 0 Å². The number of thiophene rings is 1. The molecular formula is C20H16N6O5S2. The molecular weight excluding hydrogens is 468 g/mol. The molecule has 13 heteroatoms. The quantitative estimate of drug-likeness (QED) is 0.326. The summed E-state index contributed by atoms with van der Waals surface area (Å²) in [4.78, 5) is 35.4. The fourth-order valence-corrected chi connectivity index (χ4v) is 5.36. The Bertz CT molecular complexity index is 1480. The molecule has 2 amide bonds. The number of ether oxygens (including phenoxy) is 1. The van der Waals surface area contributed by atoms with E-state index in [9.17, 15) is 18.0 Å². The summed E-state index contributed by atoms with van der Waals surface area (Å²) in [7, 11) is -3.77. The number of carbonyl (C=O) groups excluding carboxylic acids is 2. The lowest BCUT2D eigenvalue weighted by Gasteiger charge is -2.18. The summed E-state index contributed by atoms with van der Waals surface area (Å²) >= 11 is 1.09. The highest BCUT2D eigenvalue weighted by Gasteiger charge is 2.21. The number of amides is 2. The van der Waals surface area contributed by atoms with Gasteiger partial charge in [-0.25, -0.2) is 18.4 Å². The predicted octanol–water partition coefficient (Wildman–Crippen LogP) is 2.08. The van der Waals surface area contributed by atoms with Gasteiger partial charge in [-0.2, -0.15) is 0 Å². The zero-order valence-electron chi connectivity index (χ0n) is 16.8. The summed E-state index contributed by atoms with van der Waals surface area (Å²) in [6.07, 6.45) is 2.62. The molecule has 1 aromatic carbocycles. The van der Waals surface area contributed by atoms with E-state index in [1.54, 1.807) is 29.6 Å². The second kappa shape index (κ2) is 8.18. The molecule has 11 nitrogen and oxygen atoms in total. The zero-order chi connectivity index (χ0) is 23.0. The lowest BCUT2D eigenvalue weighted by molar-refractivity contribution is -0.118. The number of nitrogens with zero attached hydrogens (tertiary/aromatic N) is 2. The van der Waals surface area contributed by atoms with E-state index in [0.717, 1.165) is 16.9 Å². The number of H-pyrrole nitrogens is 1. The van der Waals surface area contributed by atoms with Crippen LogP contribution in [-0.4, -0.2) is 41.8 Å². The van der Waals surface area contributed by atoms with Crippen LogP contribution in [0.1, 0.15) is 16.1 Å². The summed E-state index contributed by atoms with van der Waals surface area (Å²) in [5.41, 5.74) is 2.12. The van der Waals surface area contributed by atoms with Crippen LogP contribution < -0.4 is 20.1 Å². The van der Waals surface area contributed by atoms with E-state index in [2.05, 4.69) is 30.3 Å². The minimum Gasteiger partial charge on any atom is -0.482 e. The van der Waals surface area contributed by atoms with Crippen LogP contribution in [0.2, 0.25) is 0 Å². The van der Waals surface area contributed by atoms with E-state index in [0.29, 0.717) is 17.0 Å². The summed E-state index contributed by atoms with van der Waals surface area (Å²) in [6.45, 7) is 0.139. The van der Waals surface area contributed by atoms with Crippen LogP contribution in [0.4, 0.5) is 11.4 Å². The number of carbonyl (C=O) groups is 2. The van der Waals surface area contributed by atoms with E-state index < -0.39 is 15.9 Å². The Morgan fingerprint density at radius 2 is 2.12 bits per heavy atom. The summed E-state index contributed by atoms with van der Waals surface area (Å²) in [6, 6.07) is 8.35. The second-order valence-electron chi connectivity index (χ2n) is 7.04. The highest BCUT2D eigenvalue weighted by atomic mass is 32.2. The van der Waals surface area contributed by atoms with E-state index in [4.69, 9.17) is 4.74 Å². The molecule has 5 rings (SSSR count). The van der Waals surface area contributed by atoms with Gasteiger partial charge in [0.15, 0.2) is 12.3 Å². The topological polar surface area (TPSA) is 155 Å². The molecule has 0 aliphatic carbocycles. The Kier molecular flexibility index (Phi) is 5.18. The van der Waals surface area contributed by atoms with E-state index in [1.165, 1.54) is 18.6 Å². The fraction of sp³-hybridized carbons (Fsp3) is 0.100. The summed E-state index contributed by atoms with van der Waals surface area (Å²) in [5.74, 6) is -0.162. The van der Waals surface area contributed by atoms with Crippen LogP contribution in [-0.2, 0) is 21.4 Å². The van der Waals surface area contributed by atoms with Crippen LogP contribution in [0.15, 0.2) is 52.4 Å². The summed E-state index contributed by atoms with van der Waals surface area (Å²) in [5, 5.41) is 7.15. The lowest BCUT2D eigenvalue weighted by Crippen LogP contribution is -2.26. The van der Waals surface area contributed by atoms with E-state index in [-0.39, 0.29) is 40.2 Å². The number of aromatic amines is 1. The van der Waals surface area contributed by atoms with Gasteiger partial charge in [-0.3, -0.25) is 14.3 Å². The van der Waals surface area contributed by atoms with Crippen molar-refractivity contribution in [3.63, 3.8) is 0 Å². The number of sulfonamides is 1. The average molecular weight is 485 g/mol. The average Bonchev–Trinajstić information content (AvgIpc) is 3.48. The molecule has 0 bridgehead atoms. The minimum absolute atomic E-state index is 0.0333.